The van der Waals surface area contributed by atoms with Gasteiger partial charge in [0, 0.05) is 6.08 Å². The molecule has 2 nitrogen and oxygen atoms in total. The molecule has 0 amide bonds. The monoisotopic (exact) mass is 139 g/mol. The Hall–Kier alpha value is -0.880. The van der Waals surface area contributed by atoms with Crippen LogP contribution in [0.3, 0.4) is 0 Å². The zero-order valence-corrected chi connectivity index (χ0v) is 5.56. The zero-order chi connectivity index (χ0) is 6.69. The molecule has 0 fully saturated rings. The molecular weight excluding hydrogens is 134 g/mol. The Morgan fingerprint density at radius 1 is 1.78 bits per heavy atom. The molecule has 0 saturated heterocycles. The zero-order valence-electron chi connectivity index (χ0n) is 4.66. The number of ether oxygens (including phenoxy) is 1. The van der Waals surface area contributed by atoms with Crippen molar-refractivity contribution in [1.29, 1.82) is 5.26 Å². The quantitative estimate of drug-likeness (QED) is 0.512. The van der Waals surface area contributed by atoms with Crippen molar-refractivity contribution in [3.63, 3.8) is 0 Å². The van der Waals surface area contributed by atoms with Crippen LogP contribution < -0.4 is 0 Å². The Morgan fingerprint density at radius 3 is 3.00 bits per heavy atom. The van der Waals surface area contributed by atoms with Crippen LogP contribution in [-0.4, -0.2) is 6.61 Å². The number of nitriles is 1. The molecule has 0 radical (unpaired) electrons. The van der Waals surface area contributed by atoms with Gasteiger partial charge in [-0.2, -0.15) is 5.26 Å². The highest BCUT2D eigenvalue weighted by atomic mass is 32.1. The highest BCUT2D eigenvalue weighted by Crippen LogP contribution is 2.12. The first-order valence-corrected chi connectivity index (χ1v) is 2.91. The molecule has 0 aromatic carbocycles. The number of rotatable bonds is 0. The number of hydrogen-bond acceptors (Lipinski definition) is 3. The second kappa shape index (κ2) is 2.60. The summed E-state index contributed by atoms with van der Waals surface area (Å²) in [4.78, 5) is 0. The van der Waals surface area contributed by atoms with Crippen molar-refractivity contribution in [2.24, 2.45) is 0 Å². The minimum atomic E-state index is 0.457. The lowest BCUT2D eigenvalue weighted by Gasteiger charge is -2.05. The largest absolute Gasteiger partial charge is 0.483 e. The molecule has 9 heavy (non-hydrogen) atoms. The van der Waals surface area contributed by atoms with Crippen LogP contribution in [0.4, 0.5) is 0 Å². The standard InChI is InChI=1S/C6H5NOS/c7-4-5-1-2-8-6(9)3-5/h1,3,9H,2H2. The predicted molar refractivity (Wildman–Crippen MR) is 36.7 cm³/mol. The van der Waals surface area contributed by atoms with Gasteiger partial charge in [0.25, 0.3) is 0 Å². The van der Waals surface area contributed by atoms with Gasteiger partial charge in [0.2, 0.25) is 0 Å². The lowest BCUT2D eigenvalue weighted by molar-refractivity contribution is 0.273. The van der Waals surface area contributed by atoms with Crippen LogP contribution in [0, 0.1) is 11.3 Å². The molecule has 0 aromatic heterocycles. The van der Waals surface area contributed by atoms with E-state index in [-0.39, 0.29) is 0 Å². The van der Waals surface area contributed by atoms with Gasteiger partial charge >= 0.3 is 0 Å². The van der Waals surface area contributed by atoms with E-state index in [1.54, 1.807) is 12.2 Å². The maximum absolute atomic E-state index is 8.36. The van der Waals surface area contributed by atoms with Crippen LogP contribution in [0.5, 0.6) is 0 Å². The fourth-order valence-corrected chi connectivity index (χ4v) is 0.742. The first-order chi connectivity index (χ1) is 4.33. The van der Waals surface area contributed by atoms with Crippen molar-refractivity contribution >= 4 is 12.6 Å². The van der Waals surface area contributed by atoms with Gasteiger partial charge in [-0.1, -0.05) is 0 Å². The molecule has 0 spiro atoms. The molecule has 0 unspecified atom stereocenters. The maximum atomic E-state index is 8.36. The topological polar surface area (TPSA) is 33.0 Å². The third-order valence-electron chi connectivity index (χ3n) is 0.943. The molecule has 3 heteroatoms. The lowest BCUT2D eigenvalue weighted by Crippen LogP contribution is -1.94. The van der Waals surface area contributed by atoms with Crippen LogP contribution >= 0.6 is 12.6 Å². The average Bonchev–Trinajstić information content (AvgIpc) is 1.88. The Kier molecular flexibility index (Phi) is 1.81. The van der Waals surface area contributed by atoms with Crippen molar-refractivity contribution in [1.82, 2.24) is 0 Å². The smallest absolute Gasteiger partial charge is 0.151 e. The van der Waals surface area contributed by atoms with Crippen molar-refractivity contribution in [2.45, 2.75) is 0 Å². The van der Waals surface area contributed by atoms with Gasteiger partial charge in [0.1, 0.15) is 6.61 Å². The molecule has 0 aliphatic carbocycles. The summed E-state index contributed by atoms with van der Waals surface area (Å²) in [7, 11) is 0. The summed E-state index contributed by atoms with van der Waals surface area (Å²) in [5.74, 6) is 0. The van der Waals surface area contributed by atoms with E-state index in [0.29, 0.717) is 17.3 Å². The minimum absolute atomic E-state index is 0.457. The van der Waals surface area contributed by atoms with E-state index in [0.717, 1.165) is 0 Å². The van der Waals surface area contributed by atoms with E-state index in [1.165, 1.54) is 0 Å². The number of thiol groups is 1. The van der Waals surface area contributed by atoms with Crippen LogP contribution in [0.15, 0.2) is 22.8 Å². The molecule has 0 saturated carbocycles. The number of nitrogens with zero attached hydrogens (tertiary/aromatic N) is 1. The van der Waals surface area contributed by atoms with Gasteiger partial charge in [-0.15, -0.1) is 12.6 Å². The Bertz CT molecular complexity index is 212. The summed E-state index contributed by atoms with van der Waals surface area (Å²) in [6.07, 6.45) is 3.30. The van der Waals surface area contributed by atoms with E-state index in [2.05, 4.69) is 12.6 Å². The van der Waals surface area contributed by atoms with Crippen LogP contribution in [0.1, 0.15) is 0 Å². The van der Waals surface area contributed by atoms with E-state index >= 15 is 0 Å². The van der Waals surface area contributed by atoms with Crippen LogP contribution in [0.25, 0.3) is 0 Å². The first-order valence-electron chi connectivity index (χ1n) is 2.46. The van der Waals surface area contributed by atoms with Crippen molar-refractivity contribution in [3.8, 4) is 6.07 Å². The maximum Gasteiger partial charge on any atom is 0.151 e. The molecule has 1 heterocycles. The summed E-state index contributed by atoms with van der Waals surface area (Å²) in [5, 5.41) is 8.86. The fourth-order valence-electron chi connectivity index (χ4n) is 0.528. The van der Waals surface area contributed by atoms with Gasteiger partial charge in [-0.3, -0.25) is 0 Å². The third kappa shape index (κ3) is 1.51. The Labute approximate surface area is 58.8 Å². The molecule has 1 aliphatic heterocycles. The van der Waals surface area contributed by atoms with Gasteiger partial charge in [0.15, 0.2) is 5.09 Å². The summed E-state index contributed by atoms with van der Waals surface area (Å²) in [6, 6.07) is 1.99. The van der Waals surface area contributed by atoms with Crippen LogP contribution in [0.2, 0.25) is 0 Å². The minimum Gasteiger partial charge on any atom is -0.483 e. The highest BCUT2D eigenvalue weighted by Gasteiger charge is 1.99. The van der Waals surface area contributed by atoms with E-state index in [1.807, 2.05) is 6.07 Å². The summed E-state index contributed by atoms with van der Waals surface area (Å²) >= 11 is 3.92. The van der Waals surface area contributed by atoms with E-state index in [4.69, 9.17) is 10.00 Å². The van der Waals surface area contributed by atoms with Gasteiger partial charge in [0.05, 0.1) is 11.6 Å². The lowest BCUT2D eigenvalue weighted by atomic mass is 10.2. The number of allylic oxidation sites excluding steroid dienone is 2. The predicted octanol–water partition coefficient (Wildman–Crippen LogP) is 1.24. The van der Waals surface area contributed by atoms with Gasteiger partial charge < -0.3 is 4.74 Å². The Morgan fingerprint density at radius 2 is 2.56 bits per heavy atom. The number of hydrogen-bond donors (Lipinski definition) is 1. The molecule has 0 atom stereocenters. The molecule has 1 rings (SSSR count). The van der Waals surface area contributed by atoms with Gasteiger partial charge in [-0.25, -0.2) is 0 Å². The van der Waals surface area contributed by atoms with Crippen molar-refractivity contribution in [3.05, 3.63) is 22.8 Å². The fraction of sp³-hybridized carbons (Fsp3) is 0.167. The SMILES string of the molecule is N#CC1=CCOC(S)=C1. The van der Waals surface area contributed by atoms with E-state index < -0.39 is 0 Å². The molecule has 1 aliphatic rings. The average molecular weight is 139 g/mol. The normalized spacial score (nSPS) is 16.9. The van der Waals surface area contributed by atoms with Crippen LogP contribution in [-0.2, 0) is 4.74 Å². The second-order valence-electron chi connectivity index (χ2n) is 1.56. The molecule has 0 N–H and O–H groups in total. The second-order valence-corrected chi connectivity index (χ2v) is 2.01. The van der Waals surface area contributed by atoms with Crippen molar-refractivity contribution < 1.29 is 4.74 Å². The Balaban J connectivity index is 2.78. The van der Waals surface area contributed by atoms with E-state index in [9.17, 15) is 0 Å². The molecule has 0 bridgehead atoms. The first kappa shape index (κ1) is 6.24. The summed E-state index contributed by atoms with van der Waals surface area (Å²) in [6.45, 7) is 0.457. The molecule has 0 aromatic rings. The third-order valence-corrected chi connectivity index (χ3v) is 1.20. The summed E-state index contributed by atoms with van der Waals surface area (Å²) in [5.41, 5.74) is 0.617. The van der Waals surface area contributed by atoms with Gasteiger partial charge in [-0.05, 0) is 6.08 Å². The molecule has 46 valence electrons. The van der Waals surface area contributed by atoms with Crippen molar-refractivity contribution in [2.75, 3.05) is 6.61 Å². The molecular formula is C6H5NOS. The highest BCUT2D eigenvalue weighted by molar-refractivity contribution is 7.84. The summed E-state index contributed by atoms with van der Waals surface area (Å²) < 4.78 is 4.91.